The molecule has 2 heterocycles. The van der Waals surface area contributed by atoms with Gasteiger partial charge in [0.1, 0.15) is 18.1 Å². The molecule has 24 heavy (non-hydrogen) atoms. The molecule has 0 amide bonds. The van der Waals surface area contributed by atoms with E-state index in [9.17, 15) is 0 Å². The Hall–Kier alpha value is -1.77. The van der Waals surface area contributed by atoms with E-state index in [0.717, 1.165) is 35.8 Å². The van der Waals surface area contributed by atoms with Gasteiger partial charge >= 0.3 is 0 Å². The van der Waals surface area contributed by atoms with E-state index in [-0.39, 0.29) is 24.0 Å². The molecule has 0 atom stereocenters. The molecule has 0 radical (unpaired) electrons. The van der Waals surface area contributed by atoms with Gasteiger partial charge in [0.15, 0.2) is 5.96 Å². The van der Waals surface area contributed by atoms with E-state index >= 15 is 0 Å². The zero-order valence-corrected chi connectivity index (χ0v) is 16.7. The third-order valence-electron chi connectivity index (χ3n) is 3.25. The van der Waals surface area contributed by atoms with Gasteiger partial charge in [0.25, 0.3) is 0 Å². The predicted molar refractivity (Wildman–Crippen MR) is 106 cm³/mol. The van der Waals surface area contributed by atoms with Gasteiger partial charge in [-0.15, -0.1) is 24.0 Å². The van der Waals surface area contributed by atoms with Crippen LogP contribution in [0.1, 0.15) is 30.0 Å². The second-order valence-electron chi connectivity index (χ2n) is 5.48. The standard InChI is InChI=1S/C17H24N4O2.HI/c1-12(2)10-19-17(18-8-7-15-6-5-9-22-15)20-11-16-21-13(3)14(4)23-16;/h5-6,9H,1,7-8,10-11H2,2-4H3,(H2,18,19,20);1H. The van der Waals surface area contributed by atoms with Crippen LogP contribution >= 0.6 is 24.0 Å². The average molecular weight is 444 g/mol. The Bertz CT molecular complexity index is 643. The lowest BCUT2D eigenvalue weighted by atomic mass is 10.3. The number of halogens is 1. The first kappa shape index (κ1) is 20.3. The highest BCUT2D eigenvalue weighted by atomic mass is 127. The summed E-state index contributed by atoms with van der Waals surface area (Å²) in [4.78, 5) is 8.84. The molecule has 6 nitrogen and oxygen atoms in total. The van der Waals surface area contributed by atoms with Gasteiger partial charge in [-0.1, -0.05) is 12.2 Å². The van der Waals surface area contributed by atoms with Crippen LogP contribution < -0.4 is 10.6 Å². The average Bonchev–Trinajstić information content (AvgIpc) is 3.12. The van der Waals surface area contributed by atoms with Gasteiger partial charge in [0, 0.05) is 19.5 Å². The maximum atomic E-state index is 5.55. The normalized spacial score (nSPS) is 11.0. The van der Waals surface area contributed by atoms with Crippen LogP contribution in [-0.2, 0) is 13.0 Å². The van der Waals surface area contributed by atoms with Crippen LogP contribution in [0, 0.1) is 13.8 Å². The number of rotatable bonds is 7. The molecule has 0 bridgehead atoms. The molecule has 0 saturated heterocycles. The van der Waals surface area contributed by atoms with Gasteiger partial charge in [-0.25, -0.2) is 9.98 Å². The number of oxazole rings is 1. The first-order chi connectivity index (χ1) is 11.0. The number of hydrogen-bond donors (Lipinski definition) is 2. The van der Waals surface area contributed by atoms with Crippen molar-refractivity contribution < 1.29 is 8.83 Å². The molecule has 132 valence electrons. The minimum Gasteiger partial charge on any atom is -0.469 e. The van der Waals surface area contributed by atoms with Crippen LogP contribution in [0.15, 0.2) is 44.4 Å². The lowest BCUT2D eigenvalue weighted by molar-refractivity contribution is 0.472. The molecule has 2 N–H and O–H groups in total. The molecule has 0 saturated carbocycles. The number of guanidine groups is 1. The fourth-order valence-electron chi connectivity index (χ4n) is 1.92. The molecular weight excluding hydrogens is 419 g/mol. The molecule has 0 aromatic carbocycles. The largest absolute Gasteiger partial charge is 0.469 e. The Morgan fingerprint density at radius 1 is 1.33 bits per heavy atom. The van der Waals surface area contributed by atoms with E-state index in [0.29, 0.717) is 24.9 Å². The highest BCUT2D eigenvalue weighted by Gasteiger charge is 2.06. The zero-order valence-electron chi connectivity index (χ0n) is 14.4. The summed E-state index contributed by atoms with van der Waals surface area (Å²) in [6.07, 6.45) is 2.47. The number of aryl methyl sites for hydroxylation is 2. The first-order valence-corrected chi connectivity index (χ1v) is 7.66. The highest BCUT2D eigenvalue weighted by Crippen LogP contribution is 2.08. The Morgan fingerprint density at radius 2 is 2.12 bits per heavy atom. The van der Waals surface area contributed by atoms with Crippen molar-refractivity contribution in [2.45, 2.75) is 33.7 Å². The van der Waals surface area contributed by atoms with Crippen molar-refractivity contribution in [1.82, 2.24) is 15.6 Å². The number of aromatic nitrogens is 1. The van der Waals surface area contributed by atoms with Crippen molar-refractivity contribution in [2.24, 2.45) is 4.99 Å². The van der Waals surface area contributed by atoms with Gasteiger partial charge in [0.2, 0.25) is 5.89 Å². The van der Waals surface area contributed by atoms with Gasteiger partial charge in [-0.2, -0.15) is 0 Å². The molecule has 7 heteroatoms. The smallest absolute Gasteiger partial charge is 0.216 e. The fourth-order valence-corrected chi connectivity index (χ4v) is 1.92. The SMILES string of the molecule is C=C(C)CNC(=NCc1nc(C)c(C)o1)NCCc1ccco1.I. The summed E-state index contributed by atoms with van der Waals surface area (Å²) in [5.74, 6) is 3.09. The zero-order chi connectivity index (χ0) is 16.7. The molecule has 0 spiro atoms. The summed E-state index contributed by atoms with van der Waals surface area (Å²) >= 11 is 0. The molecule has 2 aromatic heterocycles. The lowest BCUT2D eigenvalue weighted by Crippen LogP contribution is -2.39. The number of aliphatic imine (C=N–C) groups is 1. The van der Waals surface area contributed by atoms with Gasteiger partial charge in [0.05, 0.1) is 12.0 Å². The van der Waals surface area contributed by atoms with Gasteiger partial charge in [-0.05, 0) is 32.9 Å². The second-order valence-corrected chi connectivity index (χ2v) is 5.48. The number of hydrogen-bond acceptors (Lipinski definition) is 4. The predicted octanol–water partition coefficient (Wildman–Crippen LogP) is 3.36. The second kappa shape index (κ2) is 10.2. The fraction of sp³-hybridized carbons (Fsp3) is 0.412. The summed E-state index contributed by atoms with van der Waals surface area (Å²) < 4.78 is 10.9. The Kier molecular flexibility index (Phi) is 8.59. The molecule has 0 unspecified atom stereocenters. The summed E-state index contributed by atoms with van der Waals surface area (Å²) in [7, 11) is 0. The minimum atomic E-state index is 0. The third-order valence-corrected chi connectivity index (χ3v) is 3.25. The summed E-state index contributed by atoms with van der Waals surface area (Å²) in [5, 5.41) is 6.50. The number of nitrogens with zero attached hydrogens (tertiary/aromatic N) is 2. The molecular formula is C17H25IN4O2. The van der Waals surface area contributed by atoms with Crippen LogP contribution in [0.4, 0.5) is 0 Å². The molecule has 0 fully saturated rings. The van der Waals surface area contributed by atoms with Crippen LogP contribution in [0.5, 0.6) is 0 Å². The van der Waals surface area contributed by atoms with Crippen molar-refractivity contribution in [3.8, 4) is 0 Å². The van der Waals surface area contributed by atoms with Crippen molar-refractivity contribution in [2.75, 3.05) is 13.1 Å². The Labute approximate surface area is 159 Å². The van der Waals surface area contributed by atoms with E-state index in [1.165, 1.54) is 0 Å². The topological polar surface area (TPSA) is 75.6 Å². The molecule has 2 aromatic rings. The van der Waals surface area contributed by atoms with Crippen molar-refractivity contribution in [3.05, 3.63) is 53.7 Å². The Balaban J connectivity index is 0.00000288. The molecule has 0 aliphatic rings. The molecule has 2 rings (SSSR count). The first-order valence-electron chi connectivity index (χ1n) is 7.66. The van der Waals surface area contributed by atoms with Crippen LogP contribution in [-0.4, -0.2) is 24.0 Å². The van der Waals surface area contributed by atoms with Crippen LogP contribution in [0.25, 0.3) is 0 Å². The van der Waals surface area contributed by atoms with Crippen molar-refractivity contribution in [1.29, 1.82) is 0 Å². The number of furan rings is 1. The molecule has 0 aliphatic heterocycles. The summed E-state index contributed by atoms with van der Waals surface area (Å²) in [6.45, 7) is 11.5. The quantitative estimate of drug-likeness (QED) is 0.297. The summed E-state index contributed by atoms with van der Waals surface area (Å²) in [5.41, 5.74) is 1.94. The summed E-state index contributed by atoms with van der Waals surface area (Å²) in [6, 6.07) is 3.84. The van der Waals surface area contributed by atoms with E-state index < -0.39 is 0 Å². The van der Waals surface area contributed by atoms with Crippen LogP contribution in [0.2, 0.25) is 0 Å². The maximum absolute atomic E-state index is 5.55. The number of nitrogens with one attached hydrogen (secondary N) is 2. The van der Waals surface area contributed by atoms with Crippen LogP contribution in [0.3, 0.4) is 0 Å². The van der Waals surface area contributed by atoms with E-state index in [4.69, 9.17) is 8.83 Å². The van der Waals surface area contributed by atoms with Crippen molar-refractivity contribution in [3.63, 3.8) is 0 Å². The maximum Gasteiger partial charge on any atom is 0.216 e. The van der Waals surface area contributed by atoms with Gasteiger partial charge < -0.3 is 19.5 Å². The third kappa shape index (κ3) is 6.77. The van der Waals surface area contributed by atoms with E-state index in [1.807, 2.05) is 32.9 Å². The highest BCUT2D eigenvalue weighted by molar-refractivity contribution is 14.0. The lowest BCUT2D eigenvalue weighted by Gasteiger charge is -2.11. The van der Waals surface area contributed by atoms with E-state index in [1.54, 1.807) is 6.26 Å². The Morgan fingerprint density at radius 3 is 2.71 bits per heavy atom. The monoisotopic (exact) mass is 444 g/mol. The van der Waals surface area contributed by atoms with Crippen molar-refractivity contribution >= 4 is 29.9 Å². The van der Waals surface area contributed by atoms with E-state index in [2.05, 4.69) is 27.2 Å². The van der Waals surface area contributed by atoms with Gasteiger partial charge in [-0.3, -0.25) is 0 Å². The molecule has 0 aliphatic carbocycles. The minimum absolute atomic E-state index is 0.